The van der Waals surface area contributed by atoms with Crippen LogP contribution in [0.3, 0.4) is 0 Å². The Balaban J connectivity index is 4.48. The first-order valence-corrected chi connectivity index (χ1v) is 4.25. The maximum Gasteiger partial charge on any atom is 0.136 e. The third-order valence-electron chi connectivity index (χ3n) is 1.57. The van der Waals surface area contributed by atoms with Crippen LogP contribution in [0.5, 0.6) is 0 Å². The van der Waals surface area contributed by atoms with E-state index in [1.165, 1.54) is 13.0 Å². The maximum atomic E-state index is 10.8. The van der Waals surface area contributed by atoms with Gasteiger partial charge in [-0.25, -0.2) is 0 Å². The van der Waals surface area contributed by atoms with Crippen molar-refractivity contribution in [3.63, 3.8) is 0 Å². The lowest BCUT2D eigenvalue weighted by Crippen LogP contribution is -2.03. The van der Waals surface area contributed by atoms with E-state index in [0.717, 1.165) is 6.08 Å². The van der Waals surface area contributed by atoms with E-state index in [1.807, 2.05) is 0 Å². The molecule has 0 saturated carbocycles. The quantitative estimate of drug-likeness (QED) is 0.542. The molecule has 1 unspecified atom stereocenters. The summed E-state index contributed by atoms with van der Waals surface area (Å²) in [5.41, 5.74) is 0. The summed E-state index contributed by atoms with van der Waals surface area (Å²) in [5, 5.41) is 17.7. The zero-order valence-electron chi connectivity index (χ0n) is 7.62. The molecule has 0 saturated heterocycles. The fourth-order valence-corrected chi connectivity index (χ4v) is 0.872. The van der Waals surface area contributed by atoms with Gasteiger partial charge in [0, 0.05) is 5.92 Å². The number of allylic oxidation sites excluding steroid dienone is 2. The minimum atomic E-state index is -0.332. The normalized spacial score (nSPS) is 15.7. The van der Waals surface area contributed by atoms with Gasteiger partial charge in [-0.05, 0) is 13.0 Å². The summed E-state index contributed by atoms with van der Waals surface area (Å²) in [4.78, 5) is 10.8. The molecule has 0 aliphatic heterocycles. The van der Waals surface area contributed by atoms with E-state index in [-0.39, 0.29) is 29.1 Å². The Morgan fingerprint density at radius 2 is 2.15 bits per heavy atom. The van der Waals surface area contributed by atoms with Crippen molar-refractivity contribution in [2.45, 2.75) is 13.8 Å². The van der Waals surface area contributed by atoms with Crippen LogP contribution in [0.2, 0.25) is 0 Å². The van der Waals surface area contributed by atoms with Gasteiger partial charge in [0.15, 0.2) is 0 Å². The average Bonchev–Trinajstić information content (AvgIpc) is 2.04. The number of rotatable bonds is 4. The molecule has 4 heteroatoms. The van der Waals surface area contributed by atoms with Crippen LogP contribution < -0.4 is 0 Å². The number of aliphatic hydroxyl groups is 2. The highest BCUT2D eigenvalue weighted by atomic mass is 35.5. The highest BCUT2D eigenvalue weighted by molar-refractivity contribution is 6.31. The zero-order valence-corrected chi connectivity index (χ0v) is 8.38. The number of carbonyl (C=O) groups is 1. The average molecular weight is 205 g/mol. The van der Waals surface area contributed by atoms with Gasteiger partial charge in [0.1, 0.15) is 11.5 Å². The predicted octanol–water partition coefficient (Wildman–Crippen LogP) is 1.77. The molecule has 0 amide bonds. The molecule has 0 aromatic carbocycles. The predicted molar refractivity (Wildman–Crippen MR) is 51.6 cm³/mol. The molecule has 0 heterocycles. The molecule has 0 aliphatic rings. The van der Waals surface area contributed by atoms with Gasteiger partial charge in [-0.15, -0.1) is 0 Å². The largest absolute Gasteiger partial charge is 0.507 e. The minimum absolute atomic E-state index is 0.0325. The Labute approximate surface area is 82.3 Å². The van der Waals surface area contributed by atoms with Crippen molar-refractivity contribution in [3.05, 3.63) is 22.9 Å². The number of ketones is 1. The van der Waals surface area contributed by atoms with Crippen LogP contribution in [-0.4, -0.2) is 22.6 Å². The van der Waals surface area contributed by atoms with E-state index < -0.39 is 0 Å². The van der Waals surface area contributed by atoms with Gasteiger partial charge < -0.3 is 10.2 Å². The molecular weight excluding hydrogens is 192 g/mol. The summed E-state index contributed by atoms with van der Waals surface area (Å²) in [5.74, 6) is -0.575. The number of carbonyl (C=O) groups excluding carboxylic acids is 1. The number of halogens is 1. The van der Waals surface area contributed by atoms with Crippen molar-refractivity contribution in [3.8, 4) is 0 Å². The first-order valence-electron chi connectivity index (χ1n) is 3.87. The summed E-state index contributed by atoms with van der Waals surface area (Å²) in [6.07, 6.45) is 2.59. The molecule has 0 spiro atoms. The van der Waals surface area contributed by atoms with E-state index >= 15 is 0 Å². The van der Waals surface area contributed by atoms with Gasteiger partial charge in [-0.3, -0.25) is 4.79 Å². The van der Waals surface area contributed by atoms with Crippen molar-refractivity contribution in [1.29, 1.82) is 0 Å². The van der Waals surface area contributed by atoms with Gasteiger partial charge in [0.25, 0.3) is 0 Å². The summed E-state index contributed by atoms with van der Waals surface area (Å²) >= 11 is 5.63. The molecule has 3 nitrogen and oxygen atoms in total. The first kappa shape index (κ1) is 12.2. The van der Waals surface area contributed by atoms with Crippen LogP contribution in [0.15, 0.2) is 22.9 Å². The summed E-state index contributed by atoms with van der Waals surface area (Å²) in [6, 6.07) is 0. The highest BCUT2D eigenvalue weighted by Crippen LogP contribution is 2.15. The fraction of sp³-hybridized carbons (Fsp3) is 0.444. The molecule has 0 fully saturated rings. The topological polar surface area (TPSA) is 57.5 Å². The first-order chi connectivity index (χ1) is 5.99. The second-order valence-electron chi connectivity index (χ2n) is 2.69. The SMILES string of the molecule is CC(=O)C(C)/C=C(Cl)\C(O)=C/CO. The van der Waals surface area contributed by atoms with Gasteiger partial charge in [0.05, 0.1) is 11.6 Å². The molecule has 0 aromatic rings. The van der Waals surface area contributed by atoms with E-state index in [0.29, 0.717) is 0 Å². The standard InChI is InChI=1S/C9H13ClO3/c1-6(7(2)12)5-8(10)9(13)3-4-11/h3,5-6,11,13H,4H2,1-2H3/b8-5+,9-3+. The molecular formula is C9H13ClO3. The van der Waals surface area contributed by atoms with Gasteiger partial charge in [-0.2, -0.15) is 0 Å². The monoisotopic (exact) mass is 204 g/mol. The van der Waals surface area contributed by atoms with E-state index in [1.54, 1.807) is 6.92 Å². The Bertz CT molecular complexity index is 243. The minimum Gasteiger partial charge on any atom is -0.507 e. The van der Waals surface area contributed by atoms with Crippen LogP contribution in [0.4, 0.5) is 0 Å². The lowest BCUT2D eigenvalue weighted by Gasteiger charge is -2.02. The number of Topliss-reactive ketones (excluding diaryl/α,β-unsaturated/α-hetero) is 1. The molecule has 0 aliphatic carbocycles. The van der Waals surface area contributed by atoms with Crippen LogP contribution in [0.25, 0.3) is 0 Å². The maximum absolute atomic E-state index is 10.8. The third kappa shape index (κ3) is 4.70. The number of hydrogen-bond donors (Lipinski definition) is 2. The third-order valence-corrected chi connectivity index (χ3v) is 1.89. The number of aliphatic hydroxyl groups excluding tert-OH is 2. The second-order valence-corrected chi connectivity index (χ2v) is 3.09. The van der Waals surface area contributed by atoms with Crippen molar-refractivity contribution in [2.75, 3.05) is 6.61 Å². The Hall–Kier alpha value is -0.800. The smallest absolute Gasteiger partial charge is 0.136 e. The second kappa shape index (κ2) is 5.78. The molecule has 2 N–H and O–H groups in total. The van der Waals surface area contributed by atoms with Crippen molar-refractivity contribution < 1.29 is 15.0 Å². The van der Waals surface area contributed by atoms with E-state index in [4.69, 9.17) is 21.8 Å². The van der Waals surface area contributed by atoms with Gasteiger partial charge in [-0.1, -0.05) is 24.6 Å². The number of hydrogen-bond acceptors (Lipinski definition) is 3. The summed E-state index contributed by atoms with van der Waals surface area (Å²) < 4.78 is 0. The van der Waals surface area contributed by atoms with Crippen LogP contribution in [-0.2, 0) is 4.79 Å². The Kier molecular flexibility index (Phi) is 5.42. The van der Waals surface area contributed by atoms with E-state index in [9.17, 15) is 4.79 Å². The van der Waals surface area contributed by atoms with Crippen molar-refractivity contribution in [1.82, 2.24) is 0 Å². The van der Waals surface area contributed by atoms with Gasteiger partial charge >= 0.3 is 0 Å². The zero-order chi connectivity index (χ0) is 10.4. The molecule has 0 rings (SSSR count). The fourth-order valence-electron chi connectivity index (χ4n) is 0.606. The molecule has 74 valence electrons. The summed E-state index contributed by atoms with van der Waals surface area (Å²) in [7, 11) is 0. The Morgan fingerprint density at radius 3 is 2.54 bits per heavy atom. The Morgan fingerprint density at radius 1 is 1.62 bits per heavy atom. The van der Waals surface area contributed by atoms with Crippen LogP contribution in [0.1, 0.15) is 13.8 Å². The van der Waals surface area contributed by atoms with Gasteiger partial charge in [0.2, 0.25) is 0 Å². The summed E-state index contributed by atoms with van der Waals surface area (Å²) in [6.45, 7) is 2.83. The highest BCUT2D eigenvalue weighted by Gasteiger charge is 2.06. The van der Waals surface area contributed by atoms with Crippen molar-refractivity contribution >= 4 is 17.4 Å². The molecule has 13 heavy (non-hydrogen) atoms. The lowest BCUT2D eigenvalue weighted by atomic mass is 10.1. The van der Waals surface area contributed by atoms with E-state index in [2.05, 4.69) is 0 Å². The lowest BCUT2D eigenvalue weighted by molar-refractivity contribution is -0.118. The molecule has 0 bridgehead atoms. The van der Waals surface area contributed by atoms with Crippen LogP contribution in [0, 0.1) is 5.92 Å². The molecule has 0 radical (unpaired) electrons. The molecule has 0 aromatic heterocycles. The van der Waals surface area contributed by atoms with Crippen LogP contribution >= 0.6 is 11.6 Å². The molecule has 1 atom stereocenters. The van der Waals surface area contributed by atoms with Crippen molar-refractivity contribution in [2.24, 2.45) is 5.92 Å².